The van der Waals surface area contributed by atoms with Gasteiger partial charge in [0.25, 0.3) is 0 Å². The number of sulfone groups is 1. The van der Waals surface area contributed by atoms with E-state index in [4.69, 9.17) is 16.3 Å². The molecule has 1 atom stereocenters. The first-order valence-corrected chi connectivity index (χ1v) is 18.2. The van der Waals surface area contributed by atoms with Gasteiger partial charge >= 0.3 is 6.09 Å². The summed E-state index contributed by atoms with van der Waals surface area (Å²) in [6.45, 7) is 5.90. The highest BCUT2D eigenvalue weighted by atomic mass is 32.2. The number of carbonyl (C=O) groups excluding carboxylic acids is 3. The number of carbonyl (C=O) groups is 3. The summed E-state index contributed by atoms with van der Waals surface area (Å²) in [5, 5.41) is 12.4. The number of amidine groups is 1. The molecule has 14 nitrogen and oxygen atoms in total. The number of benzene rings is 2. The molecule has 3 amide bonds. The smallest absolute Gasteiger partial charge is 0.407 e. The number of hydrazine groups is 1. The fourth-order valence-electron chi connectivity index (χ4n) is 5.61. The molecule has 1 aromatic heterocycles. The molecule has 0 bridgehead atoms. The maximum absolute atomic E-state index is 13.7. The standard InChI is InChI=1S/C35H46N8O6S/c1-35(2,3)49-34(46)39-19-23-7-11-26(12-8-23)32(44)41-30(33(45)40-28-15-13-25(14-16-28)31(36)42-43-37)17-22-5-9-24(10-6-22)27-18-29(21-38-20-27)50(4,47)48/h5-6,9-10,13-16,18,20-21,23,26,30,43H,7-8,11-12,17,19,37H2,1-4H3,(H2,36,42)(H,39,46)(H,40,45)(H,41,44)/t23?,26?,30-/m0/s1. The monoisotopic (exact) mass is 706 g/mol. The molecule has 2 aromatic carbocycles. The van der Waals surface area contributed by atoms with Gasteiger partial charge in [-0.3, -0.25) is 14.6 Å². The second kappa shape index (κ2) is 16.6. The van der Waals surface area contributed by atoms with E-state index in [9.17, 15) is 22.8 Å². The third-order valence-electron chi connectivity index (χ3n) is 8.29. The van der Waals surface area contributed by atoms with Crippen LogP contribution in [-0.4, -0.2) is 61.6 Å². The van der Waals surface area contributed by atoms with Crippen LogP contribution in [0.15, 0.2) is 77.0 Å². The summed E-state index contributed by atoms with van der Waals surface area (Å²) in [6.07, 6.45) is 6.51. The lowest BCUT2D eigenvalue weighted by molar-refractivity contribution is -0.130. The van der Waals surface area contributed by atoms with Gasteiger partial charge in [-0.2, -0.15) is 0 Å². The van der Waals surface area contributed by atoms with Crippen LogP contribution in [0.1, 0.15) is 57.6 Å². The largest absolute Gasteiger partial charge is 0.444 e. The number of hydrazone groups is 1. The predicted octanol–water partition coefficient (Wildman–Crippen LogP) is 3.23. The number of ether oxygens (including phenoxy) is 1. The van der Waals surface area contributed by atoms with Gasteiger partial charge in [0.05, 0.1) is 4.90 Å². The average molecular weight is 707 g/mol. The highest BCUT2D eigenvalue weighted by Gasteiger charge is 2.30. The van der Waals surface area contributed by atoms with Gasteiger partial charge in [-0.25, -0.2) is 24.6 Å². The van der Waals surface area contributed by atoms with Crippen LogP contribution in [0.4, 0.5) is 10.5 Å². The number of nitrogens with two attached hydrogens (primary N) is 2. The Bertz CT molecular complexity index is 1780. The van der Waals surface area contributed by atoms with Crippen molar-refractivity contribution in [1.82, 2.24) is 21.2 Å². The van der Waals surface area contributed by atoms with Crippen molar-refractivity contribution in [2.45, 2.75) is 69.4 Å². The molecule has 15 heteroatoms. The third-order valence-corrected chi connectivity index (χ3v) is 9.37. The molecule has 3 aromatic rings. The minimum Gasteiger partial charge on any atom is -0.444 e. The Balaban J connectivity index is 1.45. The highest BCUT2D eigenvalue weighted by Crippen LogP contribution is 2.29. The van der Waals surface area contributed by atoms with Crippen molar-refractivity contribution in [1.29, 1.82) is 0 Å². The Morgan fingerprint density at radius 3 is 2.24 bits per heavy atom. The molecule has 0 spiro atoms. The molecule has 0 radical (unpaired) electrons. The number of rotatable bonds is 12. The number of hydrogen-bond acceptors (Lipinski definition) is 10. The van der Waals surface area contributed by atoms with E-state index in [-0.39, 0.29) is 34.9 Å². The van der Waals surface area contributed by atoms with Crippen LogP contribution >= 0.6 is 0 Å². The van der Waals surface area contributed by atoms with Crippen molar-refractivity contribution in [2.75, 3.05) is 18.1 Å². The van der Waals surface area contributed by atoms with E-state index in [2.05, 4.69) is 31.6 Å². The molecular formula is C35H46N8O6S. The van der Waals surface area contributed by atoms with Gasteiger partial charge in [-0.15, -0.1) is 5.10 Å². The number of pyridine rings is 1. The first-order valence-electron chi connectivity index (χ1n) is 16.3. The number of nitrogens with zero attached hydrogens (tertiary/aromatic N) is 2. The molecule has 1 aliphatic carbocycles. The van der Waals surface area contributed by atoms with E-state index in [1.807, 2.05) is 45.0 Å². The molecule has 50 heavy (non-hydrogen) atoms. The average Bonchev–Trinajstić information content (AvgIpc) is 3.07. The Morgan fingerprint density at radius 2 is 1.64 bits per heavy atom. The first kappa shape index (κ1) is 37.8. The van der Waals surface area contributed by atoms with E-state index < -0.39 is 33.5 Å². The second-order valence-electron chi connectivity index (χ2n) is 13.4. The lowest BCUT2D eigenvalue weighted by Gasteiger charge is -2.29. The topological polar surface area (TPSA) is 220 Å². The number of amides is 3. The summed E-state index contributed by atoms with van der Waals surface area (Å²) in [4.78, 5) is 43.5. The van der Waals surface area contributed by atoms with Crippen LogP contribution in [-0.2, 0) is 30.6 Å². The van der Waals surface area contributed by atoms with Crippen LogP contribution in [0.5, 0.6) is 0 Å². The molecule has 8 N–H and O–H groups in total. The number of aromatic nitrogens is 1. The molecule has 1 aliphatic rings. The molecule has 268 valence electrons. The predicted molar refractivity (Wildman–Crippen MR) is 191 cm³/mol. The summed E-state index contributed by atoms with van der Waals surface area (Å²) in [5.41, 5.74) is 10.7. The minimum absolute atomic E-state index is 0.117. The zero-order chi connectivity index (χ0) is 36.5. The maximum Gasteiger partial charge on any atom is 0.407 e. The maximum atomic E-state index is 13.7. The quantitative estimate of drug-likeness (QED) is 0.0699. The van der Waals surface area contributed by atoms with Crippen LogP contribution in [0.3, 0.4) is 0 Å². The molecule has 0 unspecified atom stereocenters. The fourth-order valence-corrected chi connectivity index (χ4v) is 6.20. The van der Waals surface area contributed by atoms with Crippen molar-refractivity contribution in [3.8, 4) is 11.1 Å². The number of nitrogens with one attached hydrogen (secondary N) is 4. The van der Waals surface area contributed by atoms with E-state index in [0.717, 1.165) is 30.2 Å². The van der Waals surface area contributed by atoms with Gasteiger partial charge in [-0.05, 0) is 93.8 Å². The number of alkyl carbamates (subject to hydrolysis) is 1. The zero-order valence-electron chi connectivity index (χ0n) is 28.7. The minimum atomic E-state index is -3.43. The summed E-state index contributed by atoms with van der Waals surface area (Å²) in [5.74, 6) is 4.71. The van der Waals surface area contributed by atoms with Crippen molar-refractivity contribution < 1.29 is 27.5 Å². The molecular weight excluding hydrogens is 661 g/mol. The van der Waals surface area contributed by atoms with E-state index in [1.165, 1.54) is 6.20 Å². The van der Waals surface area contributed by atoms with Gasteiger partial charge in [0, 0.05) is 54.3 Å². The summed E-state index contributed by atoms with van der Waals surface area (Å²) in [7, 11) is -3.43. The Morgan fingerprint density at radius 1 is 0.980 bits per heavy atom. The molecule has 1 heterocycles. The van der Waals surface area contributed by atoms with Crippen LogP contribution < -0.4 is 33.1 Å². The van der Waals surface area contributed by atoms with Crippen molar-refractivity contribution in [3.63, 3.8) is 0 Å². The normalized spacial score (nSPS) is 17.3. The number of hydrogen-bond donors (Lipinski definition) is 6. The fraction of sp³-hybridized carbons (Fsp3) is 0.400. The zero-order valence-corrected chi connectivity index (χ0v) is 29.5. The Labute approximate surface area is 292 Å². The third kappa shape index (κ3) is 11.3. The summed E-state index contributed by atoms with van der Waals surface area (Å²) >= 11 is 0. The Kier molecular flexibility index (Phi) is 12.5. The molecule has 1 saturated carbocycles. The van der Waals surface area contributed by atoms with Crippen LogP contribution in [0.2, 0.25) is 0 Å². The van der Waals surface area contributed by atoms with E-state index in [1.54, 1.807) is 36.5 Å². The van der Waals surface area contributed by atoms with Crippen LogP contribution in [0, 0.1) is 11.8 Å². The molecule has 0 aliphatic heterocycles. The van der Waals surface area contributed by atoms with Gasteiger partial charge in [-0.1, -0.05) is 24.3 Å². The molecule has 1 fully saturated rings. The first-order chi connectivity index (χ1) is 23.6. The van der Waals surface area contributed by atoms with Gasteiger partial charge in [0.2, 0.25) is 11.8 Å². The summed E-state index contributed by atoms with van der Waals surface area (Å²) in [6, 6.07) is 14.7. The number of anilines is 1. The Hall–Kier alpha value is -5.02. The SMILES string of the molecule is CC(C)(C)OC(=O)NCC1CCC(C(=O)N[C@@H](Cc2ccc(-c3cncc(S(C)(=O)=O)c3)cc2)C(=O)Nc2ccc(/C(N)=N/NN)cc2)CC1. The summed E-state index contributed by atoms with van der Waals surface area (Å²) < 4.78 is 29.4. The second-order valence-corrected chi connectivity index (χ2v) is 15.5. The molecule has 0 saturated heterocycles. The van der Waals surface area contributed by atoms with E-state index >= 15 is 0 Å². The molecule has 4 rings (SSSR count). The van der Waals surface area contributed by atoms with Crippen molar-refractivity contribution in [3.05, 3.63) is 78.1 Å². The van der Waals surface area contributed by atoms with Gasteiger partial charge < -0.3 is 26.4 Å². The highest BCUT2D eigenvalue weighted by molar-refractivity contribution is 7.90. The lowest BCUT2D eigenvalue weighted by atomic mass is 9.81. The van der Waals surface area contributed by atoms with Crippen LogP contribution in [0.25, 0.3) is 11.1 Å². The lowest BCUT2D eigenvalue weighted by Crippen LogP contribution is -2.48. The van der Waals surface area contributed by atoms with Crippen molar-refractivity contribution in [2.24, 2.45) is 28.5 Å². The van der Waals surface area contributed by atoms with Crippen molar-refractivity contribution >= 4 is 39.3 Å². The van der Waals surface area contributed by atoms with E-state index in [0.29, 0.717) is 36.2 Å². The van der Waals surface area contributed by atoms with Gasteiger partial charge in [0.15, 0.2) is 15.7 Å². The van der Waals surface area contributed by atoms with Gasteiger partial charge in [0.1, 0.15) is 11.6 Å².